The van der Waals surface area contributed by atoms with Crippen LogP contribution in [0.3, 0.4) is 0 Å². The van der Waals surface area contributed by atoms with Crippen LogP contribution in [0.1, 0.15) is 54.3 Å². The zero-order valence-corrected chi connectivity index (χ0v) is 17.5. The van der Waals surface area contributed by atoms with Crippen molar-refractivity contribution < 1.29 is 9.59 Å². The van der Waals surface area contributed by atoms with E-state index in [-0.39, 0.29) is 34.6 Å². The second-order valence-electron chi connectivity index (χ2n) is 8.00. The van der Waals surface area contributed by atoms with Crippen LogP contribution < -0.4 is 16.0 Å². The zero-order chi connectivity index (χ0) is 21.6. The maximum absolute atomic E-state index is 12.6. The molecule has 1 aliphatic heterocycles. The Balaban J connectivity index is 1.82. The number of carbonyl (C=O) groups is 2. The normalized spacial score (nSPS) is 22.7. The average Bonchev–Trinajstić information content (AvgIpc) is 3.54. The van der Waals surface area contributed by atoms with Gasteiger partial charge in [-0.05, 0) is 48.6 Å². The van der Waals surface area contributed by atoms with E-state index in [1.54, 1.807) is 37.4 Å². The number of anilines is 2. The van der Waals surface area contributed by atoms with Crippen molar-refractivity contribution in [3.63, 3.8) is 0 Å². The lowest BCUT2D eigenvalue weighted by Gasteiger charge is -2.46. The molecule has 2 amide bonds. The smallest absolute Gasteiger partial charge is 0.248 e. The van der Waals surface area contributed by atoms with Crippen molar-refractivity contribution in [2.24, 2.45) is 17.6 Å². The summed E-state index contributed by atoms with van der Waals surface area (Å²) >= 11 is 6.17. The molecule has 1 fully saturated rings. The summed E-state index contributed by atoms with van der Waals surface area (Å²) in [7, 11) is 0. The lowest BCUT2D eigenvalue weighted by molar-refractivity contribution is -0.117. The van der Waals surface area contributed by atoms with Crippen molar-refractivity contribution in [1.29, 1.82) is 5.26 Å². The fourth-order valence-electron chi connectivity index (χ4n) is 4.50. The molecule has 2 aliphatic rings. The maximum Gasteiger partial charge on any atom is 0.248 e. The molecule has 8 heteroatoms. The molecule has 4 rings (SSSR count). The summed E-state index contributed by atoms with van der Waals surface area (Å²) in [5.41, 5.74) is 8.33. The van der Waals surface area contributed by atoms with Crippen molar-refractivity contribution in [3.05, 3.63) is 52.3 Å². The Bertz CT molecular complexity index is 1080. The minimum absolute atomic E-state index is 0.0200. The van der Waals surface area contributed by atoms with Gasteiger partial charge in [0.05, 0.1) is 22.9 Å². The second kappa shape index (κ2) is 7.62. The van der Waals surface area contributed by atoms with Gasteiger partial charge in [-0.2, -0.15) is 5.26 Å². The fourth-order valence-corrected chi connectivity index (χ4v) is 4.71. The van der Waals surface area contributed by atoms with Gasteiger partial charge in [0.1, 0.15) is 6.07 Å². The first-order valence-electron chi connectivity index (χ1n) is 9.87. The average molecular weight is 424 g/mol. The molecule has 3 N–H and O–H groups in total. The largest absolute Gasteiger partial charge is 0.377 e. The molecule has 0 unspecified atom stereocenters. The van der Waals surface area contributed by atoms with Gasteiger partial charge in [-0.3, -0.25) is 9.59 Å². The number of nitrogens with two attached hydrogens (primary N) is 1. The lowest BCUT2D eigenvalue weighted by atomic mass is 9.79. The van der Waals surface area contributed by atoms with Crippen molar-refractivity contribution >= 4 is 34.8 Å². The number of rotatable bonds is 4. The van der Waals surface area contributed by atoms with E-state index in [0.29, 0.717) is 17.2 Å². The molecule has 154 valence electrons. The van der Waals surface area contributed by atoms with Gasteiger partial charge in [0.15, 0.2) is 5.69 Å². The molecular weight excluding hydrogens is 402 g/mol. The Morgan fingerprint density at radius 3 is 2.63 bits per heavy atom. The topological polar surface area (TPSA) is 112 Å². The number of nitrogens with one attached hydrogen (secondary N) is 1. The van der Waals surface area contributed by atoms with Crippen LogP contribution >= 0.6 is 11.6 Å². The number of halogens is 1. The third-order valence-electron chi connectivity index (χ3n) is 5.98. The summed E-state index contributed by atoms with van der Waals surface area (Å²) in [5.74, 6) is -0.0365. The molecule has 0 saturated heterocycles. The highest BCUT2D eigenvalue weighted by atomic mass is 35.5. The Morgan fingerprint density at radius 2 is 2.07 bits per heavy atom. The Hall–Kier alpha value is -3.11. The number of amides is 2. The summed E-state index contributed by atoms with van der Waals surface area (Å²) < 4.78 is 0. The van der Waals surface area contributed by atoms with E-state index in [4.69, 9.17) is 22.6 Å². The van der Waals surface area contributed by atoms with Crippen LogP contribution in [0.25, 0.3) is 0 Å². The van der Waals surface area contributed by atoms with Crippen molar-refractivity contribution in [2.75, 3.05) is 10.2 Å². The van der Waals surface area contributed by atoms with Gasteiger partial charge in [0.2, 0.25) is 11.8 Å². The van der Waals surface area contributed by atoms with Crippen LogP contribution in [0.5, 0.6) is 0 Å². The van der Waals surface area contributed by atoms with E-state index in [1.807, 2.05) is 11.0 Å². The highest BCUT2D eigenvalue weighted by Crippen LogP contribution is 2.50. The SMILES string of the molecule is CC(=O)N1c2ccc(C(N)=O)cc2[C@H](Nc2cnc(C#N)c(Cl)c2)[C@@H](C)[C@@H]1C1CC1. The van der Waals surface area contributed by atoms with Gasteiger partial charge in [0, 0.05) is 30.1 Å². The van der Waals surface area contributed by atoms with Crippen LogP contribution in [0, 0.1) is 23.2 Å². The van der Waals surface area contributed by atoms with Crippen molar-refractivity contribution in [1.82, 2.24) is 4.98 Å². The van der Waals surface area contributed by atoms with Gasteiger partial charge in [-0.1, -0.05) is 18.5 Å². The summed E-state index contributed by atoms with van der Waals surface area (Å²) in [6, 6.07) is 8.70. The first-order valence-corrected chi connectivity index (χ1v) is 10.2. The number of nitriles is 1. The van der Waals surface area contributed by atoms with Gasteiger partial charge in [-0.25, -0.2) is 4.98 Å². The number of benzene rings is 1. The number of fused-ring (bicyclic) bond motifs is 1. The minimum Gasteiger partial charge on any atom is -0.377 e. The molecule has 3 atom stereocenters. The number of primary amides is 1. The van der Waals surface area contributed by atoms with Gasteiger partial charge in [-0.15, -0.1) is 0 Å². The number of hydrogen-bond acceptors (Lipinski definition) is 5. The van der Waals surface area contributed by atoms with E-state index in [9.17, 15) is 9.59 Å². The summed E-state index contributed by atoms with van der Waals surface area (Å²) in [4.78, 5) is 30.4. The standard InChI is InChI=1S/C22H22ClN5O2/c1-11-20(27-15-8-17(23)18(9-24)26-10-15)16-7-14(22(25)30)5-6-19(16)28(12(2)29)21(11)13-3-4-13/h5-8,10-11,13,20-21,27H,3-4H2,1-2H3,(H2,25,30)/t11-,20-,21-/m1/s1. The van der Waals surface area contributed by atoms with Crippen LogP contribution in [0.2, 0.25) is 5.02 Å². The molecule has 0 spiro atoms. The van der Waals surface area contributed by atoms with Crippen molar-refractivity contribution in [3.8, 4) is 6.07 Å². The monoisotopic (exact) mass is 423 g/mol. The highest BCUT2D eigenvalue weighted by molar-refractivity contribution is 6.31. The molecule has 1 saturated carbocycles. The molecule has 7 nitrogen and oxygen atoms in total. The molecule has 30 heavy (non-hydrogen) atoms. The van der Waals surface area contributed by atoms with Gasteiger partial charge >= 0.3 is 0 Å². The molecule has 1 aliphatic carbocycles. The highest BCUT2D eigenvalue weighted by Gasteiger charge is 2.47. The van der Waals surface area contributed by atoms with Crippen LogP contribution in [-0.2, 0) is 4.79 Å². The number of aromatic nitrogens is 1. The number of hydrogen-bond donors (Lipinski definition) is 2. The molecule has 0 bridgehead atoms. The maximum atomic E-state index is 12.6. The summed E-state index contributed by atoms with van der Waals surface area (Å²) in [6.07, 6.45) is 3.74. The Labute approximate surface area is 179 Å². The molecule has 1 aromatic carbocycles. The number of nitrogens with zero attached hydrogens (tertiary/aromatic N) is 3. The summed E-state index contributed by atoms with van der Waals surface area (Å²) in [5, 5.41) is 12.8. The van der Waals surface area contributed by atoms with Gasteiger partial charge in [0.25, 0.3) is 0 Å². The quantitative estimate of drug-likeness (QED) is 0.779. The van der Waals surface area contributed by atoms with E-state index >= 15 is 0 Å². The van der Waals surface area contributed by atoms with E-state index in [1.165, 1.54) is 0 Å². The van der Waals surface area contributed by atoms with E-state index in [2.05, 4.69) is 17.2 Å². The third kappa shape index (κ3) is 3.48. The predicted molar refractivity (Wildman–Crippen MR) is 114 cm³/mol. The van der Waals surface area contributed by atoms with Crippen LogP contribution in [0.4, 0.5) is 11.4 Å². The molecular formula is C22H22ClN5O2. The zero-order valence-electron chi connectivity index (χ0n) is 16.7. The van der Waals surface area contributed by atoms with Crippen LogP contribution in [-0.4, -0.2) is 22.8 Å². The van der Waals surface area contributed by atoms with Crippen molar-refractivity contribution in [2.45, 2.75) is 38.8 Å². The van der Waals surface area contributed by atoms with E-state index in [0.717, 1.165) is 24.1 Å². The third-order valence-corrected chi connectivity index (χ3v) is 6.27. The lowest BCUT2D eigenvalue weighted by Crippen LogP contribution is -2.51. The minimum atomic E-state index is -0.522. The molecule has 1 aromatic heterocycles. The Kier molecular flexibility index (Phi) is 5.12. The number of carbonyl (C=O) groups excluding carboxylic acids is 2. The first kappa shape index (κ1) is 20.2. The summed E-state index contributed by atoms with van der Waals surface area (Å²) in [6.45, 7) is 3.68. The Morgan fingerprint density at radius 1 is 1.33 bits per heavy atom. The second-order valence-corrected chi connectivity index (χ2v) is 8.41. The first-order chi connectivity index (χ1) is 14.3. The van der Waals surface area contributed by atoms with Gasteiger partial charge < -0.3 is 16.0 Å². The molecule has 0 radical (unpaired) electrons. The predicted octanol–water partition coefficient (Wildman–Crippen LogP) is 3.64. The number of pyridine rings is 1. The van der Waals surface area contributed by atoms with E-state index < -0.39 is 5.91 Å². The molecule has 2 aromatic rings. The molecule has 2 heterocycles. The fraction of sp³-hybridized carbons (Fsp3) is 0.364. The van der Waals surface area contributed by atoms with Crippen LogP contribution in [0.15, 0.2) is 30.5 Å².